The number of pyridine rings is 2. The molecule has 0 aromatic carbocycles. The van der Waals surface area contributed by atoms with E-state index < -0.39 is 0 Å². The zero-order valence-corrected chi connectivity index (χ0v) is 14.3. The summed E-state index contributed by atoms with van der Waals surface area (Å²) in [5.74, 6) is 2.02. The summed E-state index contributed by atoms with van der Waals surface area (Å²) in [6, 6.07) is 9.10. The lowest BCUT2D eigenvalue weighted by Gasteiger charge is -2.35. The van der Waals surface area contributed by atoms with E-state index in [2.05, 4.69) is 15.1 Å². The summed E-state index contributed by atoms with van der Waals surface area (Å²) >= 11 is 0. The van der Waals surface area contributed by atoms with E-state index in [9.17, 15) is 5.11 Å². The number of aromatic hydroxyl groups is 1. The molecule has 4 rings (SSSR count). The summed E-state index contributed by atoms with van der Waals surface area (Å²) in [4.78, 5) is 8.50. The zero-order valence-electron chi connectivity index (χ0n) is 14.3. The maximum atomic E-state index is 9.23. The van der Waals surface area contributed by atoms with Crippen LogP contribution in [0.1, 0.15) is 31.2 Å². The van der Waals surface area contributed by atoms with Gasteiger partial charge in [-0.3, -0.25) is 0 Å². The molecule has 1 saturated carbocycles. The molecule has 134 valence electrons. The smallest absolute Gasteiger partial charge is 0.252 e. The second-order valence-corrected chi connectivity index (χ2v) is 6.20. The van der Waals surface area contributed by atoms with Crippen molar-refractivity contribution in [2.45, 2.75) is 31.8 Å². The fourth-order valence-corrected chi connectivity index (χ4v) is 3.01. The van der Waals surface area contributed by atoms with E-state index in [1.165, 1.54) is 11.6 Å². The third-order valence-corrected chi connectivity index (χ3v) is 4.42. The SMILES string of the molecule is CCOc1cc([C@H]2C[C@@H](Oc3ccc(-c4cc(O)no4)cn3)C2)ccn1. The van der Waals surface area contributed by atoms with Gasteiger partial charge in [0.2, 0.25) is 11.8 Å². The van der Waals surface area contributed by atoms with Gasteiger partial charge in [0.05, 0.1) is 6.61 Å². The molecule has 0 bridgehead atoms. The van der Waals surface area contributed by atoms with Crippen molar-refractivity contribution in [2.75, 3.05) is 6.61 Å². The summed E-state index contributed by atoms with van der Waals surface area (Å²) in [6.07, 6.45) is 5.46. The van der Waals surface area contributed by atoms with Crippen LogP contribution >= 0.6 is 0 Å². The third-order valence-electron chi connectivity index (χ3n) is 4.42. The molecular formula is C19H19N3O4. The van der Waals surface area contributed by atoms with Crippen molar-refractivity contribution < 1.29 is 19.1 Å². The van der Waals surface area contributed by atoms with E-state index >= 15 is 0 Å². The predicted molar refractivity (Wildman–Crippen MR) is 93.2 cm³/mol. The monoisotopic (exact) mass is 353 g/mol. The minimum absolute atomic E-state index is 0.149. The molecule has 7 nitrogen and oxygen atoms in total. The van der Waals surface area contributed by atoms with Crippen LogP contribution in [0.5, 0.6) is 17.6 Å². The largest absolute Gasteiger partial charge is 0.491 e. The van der Waals surface area contributed by atoms with Gasteiger partial charge in [-0.15, -0.1) is 0 Å². The molecular weight excluding hydrogens is 334 g/mol. The van der Waals surface area contributed by atoms with Crippen LogP contribution in [0.3, 0.4) is 0 Å². The van der Waals surface area contributed by atoms with Crippen molar-refractivity contribution in [1.29, 1.82) is 0 Å². The molecule has 0 amide bonds. The lowest BCUT2D eigenvalue weighted by Crippen LogP contribution is -2.32. The fourth-order valence-electron chi connectivity index (χ4n) is 3.01. The molecule has 26 heavy (non-hydrogen) atoms. The van der Waals surface area contributed by atoms with Gasteiger partial charge in [0.25, 0.3) is 5.88 Å². The number of nitrogens with zero attached hydrogens (tertiary/aromatic N) is 3. The van der Waals surface area contributed by atoms with Crippen LogP contribution in [0, 0.1) is 0 Å². The van der Waals surface area contributed by atoms with Crippen LogP contribution in [-0.2, 0) is 0 Å². The highest BCUT2D eigenvalue weighted by molar-refractivity contribution is 5.57. The van der Waals surface area contributed by atoms with E-state index in [0.717, 1.165) is 18.4 Å². The van der Waals surface area contributed by atoms with Crippen molar-refractivity contribution in [3.05, 3.63) is 48.3 Å². The second kappa shape index (κ2) is 7.03. The first-order valence-electron chi connectivity index (χ1n) is 8.58. The van der Waals surface area contributed by atoms with Gasteiger partial charge in [-0.2, -0.15) is 0 Å². The van der Waals surface area contributed by atoms with Gasteiger partial charge in [-0.05, 0) is 48.5 Å². The van der Waals surface area contributed by atoms with Crippen LogP contribution in [0.25, 0.3) is 11.3 Å². The normalized spacial score (nSPS) is 19.0. The molecule has 0 atom stereocenters. The standard InChI is InChI=1S/C19H19N3O4/c1-2-24-19-9-12(5-6-20-19)14-7-15(8-14)25-18-4-3-13(11-21-18)16-10-17(23)22-26-16/h3-6,9-11,14-15H,2,7-8H2,1H3,(H,22,23)/t14-,15+. The highest BCUT2D eigenvalue weighted by Crippen LogP contribution is 2.39. The number of ether oxygens (including phenoxy) is 2. The predicted octanol–water partition coefficient (Wildman–Crippen LogP) is 3.56. The average Bonchev–Trinajstić information content (AvgIpc) is 3.05. The van der Waals surface area contributed by atoms with Crippen LogP contribution in [0.4, 0.5) is 0 Å². The maximum Gasteiger partial charge on any atom is 0.252 e. The first kappa shape index (κ1) is 16.4. The Labute approximate surface area is 150 Å². The average molecular weight is 353 g/mol. The topological polar surface area (TPSA) is 90.5 Å². The summed E-state index contributed by atoms with van der Waals surface area (Å²) < 4.78 is 16.4. The Morgan fingerprint density at radius 2 is 2.04 bits per heavy atom. The Balaban J connectivity index is 1.33. The molecule has 0 aliphatic heterocycles. The molecule has 3 aromatic heterocycles. The summed E-state index contributed by atoms with van der Waals surface area (Å²) in [5.41, 5.74) is 1.97. The molecule has 0 saturated heterocycles. The van der Waals surface area contributed by atoms with Gasteiger partial charge in [0, 0.05) is 36.2 Å². The van der Waals surface area contributed by atoms with Gasteiger partial charge in [0.1, 0.15) is 6.10 Å². The van der Waals surface area contributed by atoms with Crippen LogP contribution in [0.15, 0.2) is 47.2 Å². The van der Waals surface area contributed by atoms with Crippen molar-refractivity contribution in [3.63, 3.8) is 0 Å². The van der Waals surface area contributed by atoms with Crippen LogP contribution < -0.4 is 9.47 Å². The van der Waals surface area contributed by atoms with Crippen molar-refractivity contribution >= 4 is 0 Å². The van der Waals surface area contributed by atoms with E-state index in [0.29, 0.717) is 30.0 Å². The molecule has 0 spiro atoms. The highest BCUT2D eigenvalue weighted by Gasteiger charge is 2.32. The van der Waals surface area contributed by atoms with Crippen LogP contribution in [-0.4, -0.2) is 32.9 Å². The molecule has 1 aliphatic carbocycles. The Morgan fingerprint density at radius 3 is 2.73 bits per heavy atom. The Morgan fingerprint density at radius 1 is 1.15 bits per heavy atom. The third kappa shape index (κ3) is 3.46. The first-order chi connectivity index (χ1) is 12.7. The summed E-state index contributed by atoms with van der Waals surface area (Å²) in [7, 11) is 0. The minimum atomic E-state index is -0.149. The second-order valence-electron chi connectivity index (χ2n) is 6.20. The summed E-state index contributed by atoms with van der Waals surface area (Å²) in [6.45, 7) is 2.56. The van der Waals surface area contributed by atoms with E-state index in [1.54, 1.807) is 18.5 Å². The Kier molecular flexibility index (Phi) is 4.43. The fraction of sp³-hybridized carbons (Fsp3) is 0.316. The molecule has 1 fully saturated rings. The van der Waals surface area contributed by atoms with Gasteiger partial charge < -0.3 is 19.1 Å². The van der Waals surface area contributed by atoms with Gasteiger partial charge in [-0.25, -0.2) is 9.97 Å². The Hall–Kier alpha value is -3.09. The number of hydrogen-bond donors (Lipinski definition) is 1. The van der Waals surface area contributed by atoms with E-state index in [-0.39, 0.29) is 12.0 Å². The molecule has 3 heterocycles. The van der Waals surface area contributed by atoms with Crippen LogP contribution in [0.2, 0.25) is 0 Å². The van der Waals surface area contributed by atoms with Gasteiger partial charge in [0.15, 0.2) is 5.76 Å². The molecule has 0 unspecified atom stereocenters. The van der Waals surface area contributed by atoms with E-state index in [4.69, 9.17) is 14.0 Å². The first-order valence-corrected chi connectivity index (χ1v) is 8.58. The van der Waals surface area contributed by atoms with Crippen molar-refractivity contribution in [2.24, 2.45) is 0 Å². The molecule has 1 aliphatic rings. The van der Waals surface area contributed by atoms with Crippen molar-refractivity contribution in [3.8, 4) is 29.0 Å². The summed E-state index contributed by atoms with van der Waals surface area (Å²) in [5, 5.41) is 12.7. The number of aromatic nitrogens is 3. The van der Waals surface area contributed by atoms with E-state index in [1.807, 2.05) is 25.1 Å². The number of rotatable bonds is 6. The minimum Gasteiger partial charge on any atom is -0.491 e. The quantitative estimate of drug-likeness (QED) is 0.724. The molecule has 0 radical (unpaired) electrons. The number of hydrogen-bond acceptors (Lipinski definition) is 7. The molecule has 7 heteroatoms. The lowest BCUT2D eigenvalue weighted by molar-refractivity contribution is 0.0934. The Bertz CT molecular complexity index is 873. The molecule has 3 aromatic rings. The van der Waals surface area contributed by atoms with Crippen molar-refractivity contribution in [1.82, 2.24) is 15.1 Å². The maximum absolute atomic E-state index is 9.23. The van der Waals surface area contributed by atoms with Gasteiger partial charge >= 0.3 is 0 Å². The molecule has 1 N–H and O–H groups in total. The lowest BCUT2D eigenvalue weighted by atomic mass is 9.78. The van der Waals surface area contributed by atoms with Gasteiger partial charge in [-0.1, -0.05) is 0 Å². The highest BCUT2D eigenvalue weighted by atomic mass is 16.5. The zero-order chi connectivity index (χ0) is 17.9.